The van der Waals surface area contributed by atoms with Gasteiger partial charge in [0.25, 0.3) is 11.7 Å². The molecular weight excluding hydrogens is 227 g/mol. The highest BCUT2D eigenvalue weighted by Crippen LogP contribution is 2.32. The number of hydrogen-bond donors (Lipinski definition) is 1. The van der Waals surface area contributed by atoms with E-state index in [-0.39, 0.29) is 0 Å². The lowest BCUT2D eigenvalue weighted by Gasteiger charge is -2.30. The molecule has 1 N–H and O–H groups in total. The molecule has 4 nitrogen and oxygen atoms in total. The van der Waals surface area contributed by atoms with Crippen molar-refractivity contribution >= 4 is 30.7 Å². The fourth-order valence-corrected chi connectivity index (χ4v) is 2.73. The molecule has 0 spiro atoms. The summed E-state index contributed by atoms with van der Waals surface area (Å²) in [6, 6.07) is 1.63. The summed E-state index contributed by atoms with van der Waals surface area (Å²) in [7, 11) is 6.00. The van der Waals surface area contributed by atoms with Gasteiger partial charge in [-0.2, -0.15) is 0 Å². The van der Waals surface area contributed by atoms with Gasteiger partial charge in [-0.15, -0.1) is 0 Å². The molecule has 0 aromatic heterocycles. The lowest BCUT2D eigenvalue weighted by molar-refractivity contribution is -0.112. The van der Waals surface area contributed by atoms with E-state index in [2.05, 4.69) is 17.1 Å². The first-order valence-electron chi connectivity index (χ1n) is 6.14. The number of ketones is 1. The van der Waals surface area contributed by atoms with Crippen LogP contribution in [-0.4, -0.2) is 37.5 Å². The normalized spacial score (nSPS) is 18.5. The van der Waals surface area contributed by atoms with Crippen LogP contribution >= 0.6 is 0 Å². The van der Waals surface area contributed by atoms with Crippen molar-refractivity contribution in [3.8, 4) is 0 Å². The number of carbonyl (C=O) groups excluding carboxylic acids is 2. The molecular formula is C13H13BN2O2. The summed E-state index contributed by atoms with van der Waals surface area (Å²) in [5.74, 6) is -1.03. The number of hydrogen-bond acceptors (Lipinski definition) is 3. The van der Waals surface area contributed by atoms with E-state index in [9.17, 15) is 9.59 Å². The fourth-order valence-electron chi connectivity index (χ4n) is 2.73. The number of fused-ring (bicyclic) bond motifs is 3. The summed E-state index contributed by atoms with van der Waals surface area (Å²) >= 11 is 0. The first kappa shape index (κ1) is 11.5. The van der Waals surface area contributed by atoms with Gasteiger partial charge in [0, 0.05) is 13.1 Å². The van der Waals surface area contributed by atoms with Crippen LogP contribution in [0.5, 0.6) is 0 Å². The highest BCUT2D eigenvalue weighted by atomic mass is 16.2. The molecule has 0 bridgehead atoms. The lowest BCUT2D eigenvalue weighted by atomic mass is 9.81. The van der Waals surface area contributed by atoms with Crippen LogP contribution in [0, 0.1) is 0 Å². The monoisotopic (exact) mass is 240 g/mol. The third kappa shape index (κ3) is 1.50. The molecule has 2 heterocycles. The van der Waals surface area contributed by atoms with Crippen LogP contribution in [0.2, 0.25) is 0 Å². The molecule has 0 saturated heterocycles. The van der Waals surface area contributed by atoms with Crippen molar-refractivity contribution in [2.45, 2.75) is 19.9 Å². The van der Waals surface area contributed by atoms with Crippen LogP contribution in [0.3, 0.4) is 0 Å². The molecule has 1 aromatic rings. The number of amides is 1. The molecule has 1 amide bonds. The Kier molecular flexibility index (Phi) is 2.52. The molecule has 5 heteroatoms. The summed E-state index contributed by atoms with van der Waals surface area (Å²) < 4.78 is 0. The van der Waals surface area contributed by atoms with E-state index in [0.29, 0.717) is 16.7 Å². The van der Waals surface area contributed by atoms with Crippen LogP contribution in [0.4, 0.5) is 5.69 Å². The van der Waals surface area contributed by atoms with Crippen molar-refractivity contribution in [1.82, 2.24) is 4.90 Å². The second kappa shape index (κ2) is 3.95. The summed E-state index contributed by atoms with van der Waals surface area (Å²) in [6.07, 6.45) is 0.867. The fraction of sp³-hybridized carbons (Fsp3) is 0.385. The van der Waals surface area contributed by atoms with Gasteiger partial charge in [-0.25, -0.2) is 0 Å². The van der Waals surface area contributed by atoms with Crippen LogP contribution in [0.25, 0.3) is 0 Å². The quantitative estimate of drug-likeness (QED) is 0.555. The van der Waals surface area contributed by atoms with Crippen LogP contribution < -0.4 is 10.8 Å². The molecule has 3 rings (SSSR count). The van der Waals surface area contributed by atoms with Crippen LogP contribution in [0.1, 0.15) is 28.4 Å². The second-order valence-electron chi connectivity index (χ2n) is 4.75. The minimum absolute atomic E-state index is 0.425. The Morgan fingerprint density at radius 2 is 2.17 bits per heavy atom. The summed E-state index contributed by atoms with van der Waals surface area (Å²) in [4.78, 5) is 25.4. The van der Waals surface area contributed by atoms with Crippen molar-refractivity contribution in [2.75, 3.05) is 18.4 Å². The summed E-state index contributed by atoms with van der Waals surface area (Å²) in [5.41, 5.74) is 3.82. The number of likely N-dealkylation sites (N-methyl/N-ethyl adjacent to an activating group) is 1. The largest absolute Gasteiger partial charge is 0.318 e. The van der Waals surface area contributed by atoms with Crippen molar-refractivity contribution in [2.24, 2.45) is 0 Å². The average molecular weight is 240 g/mol. The number of rotatable bonds is 1. The van der Waals surface area contributed by atoms with Crippen molar-refractivity contribution in [3.63, 3.8) is 0 Å². The molecule has 18 heavy (non-hydrogen) atoms. The van der Waals surface area contributed by atoms with Gasteiger partial charge < -0.3 is 5.32 Å². The maximum atomic E-state index is 11.7. The number of carbonyl (C=O) groups is 2. The smallest absolute Gasteiger partial charge is 0.296 e. The first-order valence-corrected chi connectivity index (χ1v) is 6.14. The maximum absolute atomic E-state index is 11.7. The highest BCUT2D eigenvalue weighted by Gasteiger charge is 2.33. The molecule has 0 fully saturated rings. The van der Waals surface area contributed by atoms with Crippen molar-refractivity contribution < 1.29 is 9.59 Å². The zero-order chi connectivity index (χ0) is 12.9. The van der Waals surface area contributed by atoms with E-state index >= 15 is 0 Å². The van der Waals surface area contributed by atoms with Crippen LogP contribution in [0.15, 0.2) is 6.07 Å². The molecule has 0 atom stereocenters. The molecule has 0 unspecified atom stereocenters. The van der Waals surface area contributed by atoms with E-state index in [1.807, 2.05) is 0 Å². The maximum Gasteiger partial charge on any atom is 0.296 e. The summed E-state index contributed by atoms with van der Waals surface area (Å²) in [6.45, 7) is 4.76. The van der Waals surface area contributed by atoms with Gasteiger partial charge in [0.05, 0.1) is 11.3 Å². The summed E-state index contributed by atoms with van der Waals surface area (Å²) in [5, 5.41) is 2.68. The van der Waals surface area contributed by atoms with Gasteiger partial charge in [-0.3, -0.25) is 14.5 Å². The number of anilines is 1. The van der Waals surface area contributed by atoms with E-state index in [1.54, 1.807) is 6.07 Å². The standard InChI is InChI=1S/C13H13BN2O2/c1-2-16-4-3-7-9(6-16)11-8(5-10(7)14)12(17)13(18)15-11/h5H,2-4,6H2,1H3,(H,15,17,18). The third-order valence-electron chi connectivity index (χ3n) is 3.78. The Labute approximate surface area is 107 Å². The van der Waals surface area contributed by atoms with Gasteiger partial charge in [-0.1, -0.05) is 18.5 Å². The zero-order valence-electron chi connectivity index (χ0n) is 10.2. The Balaban J connectivity index is 2.17. The van der Waals surface area contributed by atoms with Crippen molar-refractivity contribution in [3.05, 3.63) is 22.8 Å². The lowest BCUT2D eigenvalue weighted by Crippen LogP contribution is -2.34. The van der Waals surface area contributed by atoms with E-state index < -0.39 is 11.7 Å². The molecule has 90 valence electrons. The number of nitrogens with one attached hydrogen (secondary N) is 1. The Morgan fingerprint density at radius 1 is 1.39 bits per heavy atom. The van der Waals surface area contributed by atoms with Gasteiger partial charge in [0.1, 0.15) is 7.85 Å². The van der Waals surface area contributed by atoms with Gasteiger partial charge in [0.2, 0.25) is 0 Å². The van der Waals surface area contributed by atoms with Gasteiger partial charge in [0.15, 0.2) is 0 Å². The van der Waals surface area contributed by atoms with Gasteiger partial charge >= 0.3 is 0 Å². The van der Waals surface area contributed by atoms with E-state index in [1.165, 1.54) is 0 Å². The predicted molar refractivity (Wildman–Crippen MR) is 69.4 cm³/mol. The molecule has 0 aliphatic carbocycles. The molecule has 2 aliphatic heterocycles. The number of nitrogens with zero attached hydrogens (tertiary/aromatic N) is 1. The molecule has 0 saturated carbocycles. The third-order valence-corrected chi connectivity index (χ3v) is 3.78. The minimum Gasteiger partial charge on any atom is -0.318 e. The average Bonchev–Trinajstić information content (AvgIpc) is 2.66. The first-order chi connectivity index (χ1) is 8.61. The van der Waals surface area contributed by atoms with Crippen molar-refractivity contribution in [1.29, 1.82) is 0 Å². The number of benzene rings is 1. The number of Topliss-reactive ketones (excluding diaryl/α,β-unsaturated/α-hetero) is 1. The van der Waals surface area contributed by atoms with Crippen LogP contribution in [-0.2, 0) is 17.8 Å². The highest BCUT2D eigenvalue weighted by molar-refractivity contribution is 6.52. The Morgan fingerprint density at radius 3 is 2.89 bits per heavy atom. The second-order valence-corrected chi connectivity index (χ2v) is 4.75. The molecule has 2 radical (unpaired) electrons. The van der Waals surface area contributed by atoms with E-state index in [0.717, 1.165) is 37.2 Å². The molecule has 2 aliphatic rings. The predicted octanol–water partition coefficient (Wildman–Crippen LogP) is -0.00680. The topological polar surface area (TPSA) is 49.4 Å². The Hall–Kier alpha value is -1.62. The Bertz CT molecular complexity index is 569. The van der Waals surface area contributed by atoms with Gasteiger partial charge in [-0.05, 0) is 24.1 Å². The minimum atomic E-state index is -0.550. The van der Waals surface area contributed by atoms with E-state index in [4.69, 9.17) is 7.85 Å². The SMILES string of the molecule is [B]c1cc2c(c3c1CCN(CC)C3)NC(=O)C2=O. The molecule has 1 aromatic carbocycles. The zero-order valence-corrected chi connectivity index (χ0v) is 10.2.